The monoisotopic (exact) mass is 654 g/mol. The number of hydrogen-bond acceptors (Lipinski definition) is 21. The van der Waals surface area contributed by atoms with Crippen LogP contribution in [-0.2, 0) is 31.2 Å². The van der Waals surface area contributed by atoms with Crippen molar-refractivity contribution < 1.29 is 136 Å². The van der Waals surface area contributed by atoms with E-state index in [0.717, 1.165) is 0 Å². The summed E-state index contributed by atoms with van der Waals surface area (Å²) < 4.78 is 59.6. The maximum atomic E-state index is 8.52. The first-order chi connectivity index (χ1) is 12.1. The quantitative estimate of drug-likeness (QED) is 0.219. The standard InChI is InChI=1S/4Al.2Li.7O3Si/c;;;;;;7*1-4(2)3/q4*+3;2*+1;7*-2. The van der Waals surface area contributed by atoms with E-state index in [9.17, 15) is 0 Å². The van der Waals surface area contributed by atoms with Crippen molar-refractivity contribution in [2.24, 2.45) is 0 Å². The van der Waals surface area contributed by atoms with E-state index in [-0.39, 0.29) is 107 Å². The van der Waals surface area contributed by atoms with Gasteiger partial charge in [-0.3, -0.25) is 0 Å². The third-order valence-electron chi connectivity index (χ3n) is 0. The molecule has 168 valence electrons. The van der Waals surface area contributed by atoms with Gasteiger partial charge in [-0.25, -0.2) is 0 Å². The molecule has 0 fully saturated rings. The third-order valence-corrected chi connectivity index (χ3v) is 0. The van der Waals surface area contributed by atoms with Crippen molar-refractivity contribution in [3.63, 3.8) is 0 Å². The van der Waals surface area contributed by atoms with Gasteiger partial charge in [-0.2, -0.15) is 0 Å². The topological polar surface area (TPSA) is 442 Å². The summed E-state index contributed by atoms with van der Waals surface area (Å²) in [5.74, 6) is 0. The van der Waals surface area contributed by atoms with E-state index in [1.807, 2.05) is 0 Å². The molecule has 0 atom stereocenters. The van der Waals surface area contributed by atoms with Gasteiger partial charge in [0.15, 0.2) is 0 Å². The first kappa shape index (κ1) is 83.7. The van der Waals surface area contributed by atoms with Crippen molar-refractivity contribution in [2.75, 3.05) is 0 Å². The van der Waals surface area contributed by atoms with Crippen LogP contribution in [0.2, 0.25) is 0 Å². The first-order valence-corrected chi connectivity index (χ1v) is 12.9. The van der Waals surface area contributed by atoms with Gasteiger partial charge in [0.05, 0.1) is 0 Å². The van der Waals surface area contributed by atoms with E-state index in [0.29, 0.717) is 0 Å². The van der Waals surface area contributed by atoms with Gasteiger partial charge < -0.3 is 98.4 Å². The van der Waals surface area contributed by atoms with Crippen LogP contribution in [-0.4, -0.2) is 134 Å². The van der Waals surface area contributed by atoms with Gasteiger partial charge in [-0.05, 0) is 0 Å². The molecule has 0 unspecified atom stereocenters. The molecule has 0 spiro atoms. The molecule has 0 aliphatic carbocycles. The van der Waals surface area contributed by atoms with Crippen molar-refractivity contribution in [1.82, 2.24) is 0 Å². The average Bonchev–Trinajstić information content (AvgIpc) is 2.20. The summed E-state index contributed by atoms with van der Waals surface area (Å²) in [5.41, 5.74) is 0. The van der Waals surface area contributed by atoms with Crippen LogP contribution in [0.4, 0.5) is 0 Å². The maximum Gasteiger partial charge on any atom is 3.00 e. The summed E-state index contributed by atoms with van der Waals surface area (Å²) in [7, 11) is -25.4. The Morgan fingerprint density at radius 1 is 0.235 bits per heavy atom. The fourth-order valence-corrected chi connectivity index (χ4v) is 0. The normalized spacial score (nSPS) is 4.94. The Morgan fingerprint density at radius 3 is 0.235 bits per heavy atom. The molecule has 0 amide bonds. The molecule has 0 N–H and O–H groups in total. The smallest absolute Gasteiger partial charge is 0.672 e. The van der Waals surface area contributed by atoms with Gasteiger partial charge in [0.25, 0.3) is 0 Å². The molecule has 0 aromatic rings. The molecule has 0 aromatic heterocycles. The molecule has 34 heteroatoms. The Balaban J connectivity index is -0.0000000134. The van der Waals surface area contributed by atoms with Crippen LogP contribution in [0, 0.1) is 0 Å². The van der Waals surface area contributed by atoms with Crippen molar-refractivity contribution in [3.8, 4) is 0 Å². The summed E-state index contributed by atoms with van der Waals surface area (Å²) in [6, 6.07) is 0. The maximum absolute atomic E-state index is 8.52. The van der Waals surface area contributed by atoms with E-state index in [1.165, 1.54) is 0 Å². The SMILES string of the molecule is O=[Si]([O-])[O-].O=[Si]([O-])[O-].O=[Si]([O-])[O-].O=[Si]([O-])[O-].O=[Si]([O-])[O-].O=[Si]([O-])[O-].O=[Si]([O-])[O-].[Al+3].[Al+3].[Al+3].[Al+3].[Li+].[Li+]. The molecule has 0 rings (SSSR count). The Bertz CT molecular complexity index is 330. The van der Waals surface area contributed by atoms with Crippen molar-refractivity contribution >= 4 is 134 Å². The molecule has 21 nitrogen and oxygen atoms in total. The zero-order valence-corrected chi connectivity index (χ0v) is 28.0. The van der Waals surface area contributed by atoms with Crippen LogP contribution in [0.25, 0.3) is 0 Å². The summed E-state index contributed by atoms with van der Waals surface area (Å²) in [5, 5.41) is 0. The van der Waals surface area contributed by atoms with E-state index < -0.39 is 64.2 Å². The second-order valence-electron chi connectivity index (χ2n) is 1.75. The summed E-state index contributed by atoms with van der Waals surface area (Å²) in [6.45, 7) is 0. The van der Waals surface area contributed by atoms with Crippen LogP contribution >= 0.6 is 0 Å². The molecule has 0 aliphatic rings. The van der Waals surface area contributed by atoms with Crippen LogP contribution in [0.5, 0.6) is 0 Å². The van der Waals surface area contributed by atoms with Gasteiger partial charge >= 0.3 is 107 Å². The van der Waals surface area contributed by atoms with Gasteiger partial charge in [0, 0.05) is 64.2 Å². The Morgan fingerprint density at radius 2 is 0.235 bits per heavy atom. The average molecular weight is 654 g/mol. The molecule has 0 bridgehead atoms. The van der Waals surface area contributed by atoms with Gasteiger partial charge in [-0.1, -0.05) is 0 Å². The summed E-state index contributed by atoms with van der Waals surface area (Å²) in [4.78, 5) is 119. The summed E-state index contributed by atoms with van der Waals surface area (Å²) >= 11 is 0. The van der Waals surface area contributed by atoms with E-state index >= 15 is 0 Å². The van der Waals surface area contributed by atoms with Crippen molar-refractivity contribution in [2.45, 2.75) is 0 Å². The molecule has 0 aromatic carbocycles. The minimum atomic E-state index is -3.63. The van der Waals surface area contributed by atoms with Crippen LogP contribution in [0.1, 0.15) is 0 Å². The Labute approximate surface area is 267 Å². The van der Waals surface area contributed by atoms with E-state index in [1.54, 1.807) is 0 Å². The van der Waals surface area contributed by atoms with Crippen molar-refractivity contribution in [3.05, 3.63) is 0 Å². The van der Waals surface area contributed by atoms with Crippen molar-refractivity contribution in [1.29, 1.82) is 0 Å². The van der Waals surface area contributed by atoms with Gasteiger partial charge in [0.2, 0.25) is 0 Å². The van der Waals surface area contributed by atoms with Crippen LogP contribution in [0.15, 0.2) is 0 Å². The second-order valence-corrected chi connectivity index (χ2v) is 5.25. The van der Waals surface area contributed by atoms with Gasteiger partial charge in [0.1, 0.15) is 0 Å². The molecule has 0 heterocycles. The summed E-state index contributed by atoms with van der Waals surface area (Å²) in [6.07, 6.45) is 0. The number of hydrogen-bond donors (Lipinski definition) is 0. The largest absolute Gasteiger partial charge is 3.00 e. The fraction of sp³-hybridized carbons (Fsp3) is 0. The second kappa shape index (κ2) is 76.5. The van der Waals surface area contributed by atoms with Crippen LogP contribution in [0.3, 0.4) is 0 Å². The zero-order chi connectivity index (χ0) is 25.0. The predicted octanol–water partition coefficient (Wildman–Crippen LogP) is -27.7. The molecule has 34 heavy (non-hydrogen) atoms. The minimum absolute atomic E-state index is 0. The van der Waals surface area contributed by atoms with Crippen LogP contribution < -0.4 is 105 Å². The van der Waals surface area contributed by atoms with E-state index in [2.05, 4.69) is 0 Å². The van der Waals surface area contributed by atoms with Gasteiger partial charge in [-0.15, -0.1) is 0 Å². The van der Waals surface area contributed by atoms with E-state index in [4.69, 9.17) is 98.4 Å². The Hall–Kier alpha value is 0.643. The molecule has 0 saturated heterocycles. The third kappa shape index (κ3) is 79100. The molecule has 0 saturated carbocycles. The predicted molar refractivity (Wildman–Crippen MR) is 68.1 cm³/mol. The first-order valence-electron chi connectivity index (χ1n) is 4.29. The molecule has 0 radical (unpaired) electrons. The molecule has 0 aliphatic heterocycles. The Kier molecular flexibility index (Phi) is 188. The fourth-order valence-electron chi connectivity index (χ4n) is 0. The number of rotatable bonds is 0. The molecular weight excluding hydrogens is 654 g/mol. The molecular formula is Al4Li2O21Si7. The zero-order valence-electron chi connectivity index (χ0n) is 16.4. The minimum Gasteiger partial charge on any atom is -0.672 e.